The van der Waals surface area contributed by atoms with Gasteiger partial charge in [0.1, 0.15) is 5.67 Å². The first kappa shape index (κ1) is 14.4. The Labute approximate surface area is 130 Å². The van der Waals surface area contributed by atoms with Crippen LogP contribution in [0.1, 0.15) is 12.8 Å². The van der Waals surface area contributed by atoms with Crippen molar-refractivity contribution in [3.63, 3.8) is 0 Å². The van der Waals surface area contributed by atoms with Crippen molar-refractivity contribution in [2.45, 2.75) is 25.1 Å². The molecule has 0 atom stereocenters. The SMILES string of the molecule is O=C(O)N1CCC(F)(Cn2ccc3c(Br)cccc32)CC1. The third kappa shape index (κ3) is 2.77. The van der Waals surface area contributed by atoms with Crippen molar-refractivity contribution < 1.29 is 14.3 Å². The van der Waals surface area contributed by atoms with Gasteiger partial charge < -0.3 is 14.6 Å². The molecule has 6 heteroatoms. The lowest BCUT2D eigenvalue weighted by Crippen LogP contribution is -2.45. The van der Waals surface area contributed by atoms with Gasteiger partial charge in [0.05, 0.1) is 6.54 Å². The summed E-state index contributed by atoms with van der Waals surface area (Å²) in [6.07, 6.45) is 1.41. The molecule has 0 bridgehead atoms. The van der Waals surface area contributed by atoms with Gasteiger partial charge in [-0.25, -0.2) is 9.18 Å². The first-order chi connectivity index (χ1) is 9.98. The van der Waals surface area contributed by atoms with E-state index in [0.29, 0.717) is 0 Å². The number of halogens is 2. The van der Waals surface area contributed by atoms with E-state index in [-0.39, 0.29) is 32.5 Å². The maximum Gasteiger partial charge on any atom is 0.407 e. The lowest BCUT2D eigenvalue weighted by molar-refractivity contribution is 0.0453. The van der Waals surface area contributed by atoms with Gasteiger partial charge in [-0.15, -0.1) is 0 Å². The molecule has 0 unspecified atom stereocenters. The fourth-order valence-electron chi connectivity index (χ4n) is 2.89. The Morgan fingerprint density at radius 1 is 1.33 bits per heavy atom. The minimum atomic E-state index is -1.35. The molecule has 3 rings (SSSR count). The van der Waals surface area contributed by atoms with Crippen LogP contribution in [0, 0.1) is 0 Å². The highest BCUT2D eigenvalue weighted by molar-refractivity contribution is 9.10. The van der Waals surface area contributed by atoms with E-state index in [2.05, 4.69) is 15.9 Å². The number of hydrogen-bond acceptors (Lipinski definition) is 1. The van der Waals surface area contributed by atoms with Crippen molar-refractivity contribution >= 4 is 32.9 Å². The van der Waals surface area contributed by atoms with Crippen LogP contribution in [0.15, 0.2) is 34.9 Å². The summed E-state index contributed by atoms with van der Waals surface area (Å²) in [6, 6.07) is 7.83. The van der Waals surface area contributed by atoms with Gasteiger partial charge >= 0.3 is 6.09 Å². The summed E-state index contributed by atoms with van der Waals surface area (Å²) < 4.78 is 17.9. The standard InChI is InChI=1S/C15H16BrFN2O2/c16-12-2-1-3-13-11(12)4-7-19(13)10-15(17)5-8-18(9-6-15)14(20)21/h1-4,7H,5-6,8-10H2,(H,20,21). The first-order valence-corrected chi connectivity index (χ1v) is 7.68. The molecule has 0 aliphatic carbocycles. The minimum absolute atomic E-state index is 0.243. The summed E-state index contributed by atoms with van der Waals surface area (Å²) in [5, 5.41) is 9.99. The topological polar surface area (TPSA) is 45.5 Å². The van der Waals surface area contributed by atoms with E-state index in [9.17, 15) is 9.18 Å². The molecule has 0 saturated carbocycles. The lowest BCUT2D eigenvalue weighted by atomic mass is 9.93. The third-order valence-electron chi connectivity index (χ3n) is 4.14. The summed E-state index contributed by atoms with van der Waals surface area (Å²) in [4.78, 5) is 12.2. The van der Waals surface area contributed by atoms with Gasteiger partial charge in [-0.1, -0.05) is 22.0 Å². The Bertz CT molecular complexity index is 677. The van der Waals surface area contributed by atoms with E-state index in [4.69, 9.17) is 5.11 Å². The van der Waals surface area contributed by atoms with E-state index in [1.54, 1.807) is 0 Å². The zero-order chi connectivity index (χ0) is 15.0. The third-order valence-corrected chi connectivity index (χ3v) is 4.84. The van der Waals surface area contributed by atoms with Gasteiger partial charge in [-0.3, -0.25) is 0 Å². The number of aromatic nitrogens is 1. The highest BCUT2D eigenvalue weighted by Crippen LogP contribution is 2.31. The summed E-state index contributed by atoms with van der Waals surface area (Å²) in [5.74, 6) is 0. The molecule has 1 aliphatic heterocycles. The molecular weight excluding hydrogens is 339 g/mol. The van der Waals surface area contributed by atoms with Crippen LogP contribution in [0.2, 0.25) is 0 Å². The molecule has 21 heavy (non-hydrogen) atoms. The molecule has 1 aliphatic rings. The number of likely N-dealkylation sites (tertiary alicyclic amines) is 1. The fraction of sp³-hybridized carbons (Fsp3) is 0.400. The van der Waals surface area contributed by atoms with E-state index in [1.165, 1.54) is 4.90 Å². The second-order valence-electron chi connectivity index (χ2n) is 5.54. The van der Waals surface area contributed by atoms with Crippen LogP contribution in [0.3, 0.4) is 0 Å². The maximum atomic E-state index is 14.9. The number of alkyl halides is 1. The van der Waals surface area contributed by atoms with E-state index in [1.807, 2.05) is 35.0 Å². The molecule has 1 N–H and O–H groups in total. The van der Waals surface area contributed by atoms with Crippen LogP contribution in [0.5, 0.6) is 0 Å². The number of piperidine rings is 1. The number of fused-ring (bicyclic) bond motifs is 1. The molecule has 0 spiro atoms. The predicted octanol–water partition coefficient (Wildman–Crippen LogP) is 3.89. The Kier molecular flexibility index (Phi) is 3.65. The molecule has 2 heterocycles. The average molecular weight is 355 g/mol. The predicted molar refractivity (Wildman–Crippen MR) is 82.3 cm³/mol. The summed E-state index contributed by atoms with van der Waals surface area (Å²) >= 11 is 3.49. The summed E-state index contributed by atoms with van der Waals surface area (Å²) in [7, 11) is 0. The largest absolute Gasteiger partial charge is 0.465 e. The highest BCUT2D eigenvalue weighted by atomic mass is 79.9. The number of carbonyl (C=O) groups is 1. The number of nitrogens with zero attached hydrogens (tertiary/aromatic N) is 2. The second-order valence-corrected chi connectivity index (χ2v) is 6.39. The molecule has 112 valence electrons. The van der Waals surface area contributed by atoms with Crippen LogP contribution in [0.4, 0.5) is 9.18 Å². The van der Waals surface area contributed by atoms with Crippen LogP contribution in [0.25, 0.3) is 10.9 Å². The monoisotopic (exact) mass is 354 g/mol. The first-order valence-electron chi connectivity index (χ1n) is 6.89. The molecule has 1 amide bonds. The van der Waals surface area contributed by atoms with Gasteiger partial charge in [0.15, 0.2) is 0 Å². The summed E-state index contributed by atoms with van der Waals surface area (Å²) in [6.45, 7) is 0.782. The molecule has 2 aromatic rings. The highest BCUT2D eigenvalue weighted by Gasteiger charge is 2.36. The average Bonchev–Trinajstić information content (AvgIpc) is 2.83. The quantitative estimate of drug-likeness (QED) is 0.889. The van der Waals surface area contributed by atoms with Crippen molar-refractivity contribution in [1.82, 2.24) is 9.47 Å². The minimum Gasteiger partial charge on any atom is -0.465 e. The zero-order valence-corrected chi connectivity index (χ0v) is 13.0. The molecule has 1 aromatic carbocycles. The fourth-order valence-corrected chi connectivity index (χ4v) is 3.37. The maximum absolute atomic E-state index is 14.9. The van der Waals surface area contributed by atoms with E-state index < -0.39 is 11.8 Å². The number of carboxylic acid groups (broad SMARTS) is 1. The van der Waals surface area contributed by atoms with Crippen molar-refractivity contribution in [3.05, 3.63) is 34.9 Å². The molecular formula is C15H16BrFN2O2. The lowest BCUT2D eigenvalue weighted by Gasteiger charge is -2.35. The van der Waals surface area contributed by atoms with Crippen molar-refractivity contribution in [2.24, 2.45) is 0 Å². The van der Waals surface area contributed by atoms with Gasteiger partial charge in [0.25, 0.3) is 0 Å². The number of amides is 1. The van der Waals surface area contributed by atoms with Crippen molar-refractivity contribution in [2.75, 3.05) is 13.1 Å². The van der Waals surface area contributed by atoms with Crippen molar-refractivity contribution in [1.29, 1.82) is 0 Å². The second kappa shape index (κ2) is 5.33. The van der Waals surface area contributed by atoms with Gasteiger partial charge in [0, 0.05) is 47.5 Å². The molecule has 1 aromatic heterocycles. The number of benzene rings is 1. The van der Waals surface area contributed by atoms with E-state index >= 15 is 0 Å². The smallest absolute Gasteiger partial charge is 0.407 e. The van der Waals surface area contributed by atoms with E-state index in [0.717, 1.165) is 15.4 Å². The number of hydrogen-bond donors (Lipinski definition) is 1. The molecule has 4 nitrogen and oxygen atoms in total. The van der Waals surface area contributed by atoms with Crippen LogP contribution in [-0.4, -0.2) is 39.4 Å². The molecule has 1 fully saturated rings. The molecule has 0 radical (unpaired) electrons. The Balaban J connectivity index is 1.79. The van der Waals surface area contributed by atoms with Gasteiger partial charge in [-0.2, -0.15) is 0 Å². The molecule has 1 saturated heterocycles. The summed E-state index contributed by atoms with van der Waals surface area (Å²) in [5.41, 5.74) is -0.359. The number of rotatable bonds is 2. The zero-order valence-electron chi connectivity index (χ0n) is 11.4. The normalized spacial score (nSPS) is 18.1. The van der Waals surface area contributed by atoms with Crippen LogP contribution in [-0.2, 0) is 6.54 Å². The van der Waals surface area contributed by atoms with Gasteiger partial charge in [0.2, 0.25) is 0 Å². The Morgan fingerprint density at radius 3 is 2.71 bits per heavy atom. The Hall–Kier alpha value is -1.56. The van der Waals surface area contributed by atoms with Crippen LogP contribution >= 0.6 is 15.9 Å². The van der Waals surface area contributed by atoms with Gasteiger partial charge in [-0.05, 0) is 18.2 Å². The van der Waals surface area contributed by atoms with Crippen LogP contribution < -0.4 is 0 Å². The Morgan fingerprint density at radius 2 is 2.05 bits per heavy atom. The van der Waals surface area contributed by atoms with Crippen molar-refractivity contribution in [3.8, 4) is 0 Å².